The molecule has 0 atom stereocenters. The van der Waals surface area contributed by atoms with Crippen LogP contribution in [0.15, 0.2) is 59.5 Å². The molecule has 21 heavy (non-hydrogen) atoms. The van der Waals surface area contributed by atoms with E-state index in [0.717, 1.165) is 5.56 Å². The lowest BCUT2D eigenvalue weighted by Crippen LogP contribution is -2.14. The summed E-state index contributed by atoms with van der Waals surface area (Å²) in [5.41, 5.74) is 1.44. The summed E-state index contributed by atoms with van der Waals surface area (Å²) < 4.78 is 1.39. The number of H-pyrrole nitrogens is 1. The quantitative estimate of drug-likeness (QED) is 0.773. The maximum atomic E-state index is 11.9. The first-order valence-corrected chi connectivity index (χ1v) is 6.43. The number of aromatic nitrogens is 3. The van der Waals surface area contributed by atoms with E-state index in [1.165, 1.54) is 10.7 Å². The molecule has 0 aliphatic rings. The summed E-state index contributed by atoms with van der Waals surface area (Å²) in [7, 11) is 0. The van der Waals surface area contributed by atoms with Crippen LogP contribution in [0.5, 0.6) is 5.75 Å². The molecule has 2 heterocycles. The van der Waals surface area contributed by atoms with Gasteiger partial charge in [0.25, 0.3) is 5.56 Å². The zero-order valence-electron chi connectivity index (χ0n) is 11.1. The minimum Gasteiger partial charge on any atom is -0.508 e. The molecule has 2 aromatic heterocycles. The summed E-state index contributed by atoms with van der Waals surface area (Å²) in [5.74, 6) is 0.772. The number of hydrogen-bond acceptors (Lipinski definition) is 3. The van der Waals surface area contributed by atoms with Crippen molar-refractivity contribution >= 4 is 12.2 Å². The predicted molar refractivity (Wildman–Crippen MR) is 81.2 cm³/mol. The van der Waals surface area contributed by atoms with Gasteiger partial charge in [-0.05, 0) is 35.9 Å². The van der Waals surface area contributed by atoms with Crippen LogP contribution < -0.4 is 5.56 Å². The van der Waals surface area contributed by atoms with Gasteiger partial charge in [0.2, 0.25) is 0 Å². The molecule has 0 saturated heterocycles. The fraction of sp³-hybridized carbons (Fsp3) is 0. The molecule has 0 bridgehead atoms. The number of aromatic amines is 1. The van der Waals surface area contributed by atoms with Crippen molar-refractivity contribution < 1.29 is 5.11 Å². The Labute approximate surface area is 120 Å². The fourth-order valence-corrected chi connectivity index (χ4v) is 1.93. The molecule has 0 amide bonds. The lowest BCUT2D eigenvalue weighted by atomic mass is 10.2. The molecule has 0 aliphatic carbocycles. The largest absolute Gasteiger partial charge is 0.508 e. The van der Waals surface area contributed by atoms with Gasteiger partial charge in [-0.1, -0.05) is 24.3 Å². The second-order valence-corrected chi connectivity index (χ2v) is 4.50. The monoisotopic (exact) mass is 279 g/mol. The fourth-order valence-electron chi connectivity index (χ4n) is 1.93. The molecule has 0 fully saturated rings. The molecule has 5 nitrogen and oxygen atoms in total. The van der Waals surface area contributed by atoms with Gasteiger partial charge in [-0.25, -0.2) is 9.67 Å². The SMILES string of the molecule is O=c1cc(C=Cc2ccc(O)cc2)[nH]n1-c1ccccn1. The van der Waals surface area contributed by atoms with Crippen LogP contribution in [0.4, 0.5) is 0 Å². The van der Waals surface area contributed by atoms with Crippen LogP contribution in [0.1, 0.15) is 11.3 Å². The number of nitrogens with zero attached hydrogens (tertiary/aromatic N) is 2. The molecular formula is C16H13N3O2. The number of phenolic OH excluding ortho intramolecular Hbond substituents is 1. The van der Waals surface area contributed by atoms with Gasteiger partial charge in [0.05, 0.1) is 5.69 Å². The van der Waals surface area contributed by atoms with Gasteiger partial charge in [0.15, 0.2) is 5.82 Å². The Kier molecular flexibility index (Phi) is 3.39. The maximum absolute atomic E-state index is 11.9. The van der Waals surface area contributed by atoms with E-state index in [0.29, 0.717) is 11.5 Å². The lowest BCUT2D eigenvalue weighted by molar-refractivity contribution is 0.475. The third-order valence-electron chi connectivity index (χ3n) is 2.97. The Morgan fingerprint density at radius 3 is 2.62 bits per heavy atom. The first kappa shape index (κ1) is 12.9. The Bertz CT molecular complexity index is 815. The second-order valence-electron chi connectivity index (χ2n) is 4.50. The molecule has 104 valence electrons. The van der Waals surface area contributed by atoms with Crippen molar-refractivity contribution in [1.82, 2.24) is 14.8 Å². The summed E-state index contributed by atoms with van der Waals surface area (Å²) in [4.78, 5) is 16.1. The van der Waals surface area contributed by atoms with Crippen molar-refractivity contribution in [3.8, 4) is 11.6 Å². The van der Waals surface area contributed by atoms with Gasteiger partial charge >= 0.3 is 0 Å². The maximum Gasteiger partial charge on any atom is 0.273 e. The van der Waals surface area contributed by atoms with Crippen LogP contribution in [-0.4, -0.2) is 19.9 Å². The number of phenols is 1. The summed E-state index contributed by atoms with van der Waals surface area (Å²) >= 11 is 0. The van der Waals surface area contributed by atoms with Crippen molar-refractivity contribution in [2.24, 2.45) is 0 Å². The molecular weight excluding hydrogens is 266 g/mol. The van der Waals surface area contributed by atoms with Crippen molar-refractivity contribution in [2.75, 3.05) is 0 Å². The third-order valence-corrected chi connectivity index (χ3v) is 2.97. The van der Waals surface area contributed by atoms with Crippen LogP contribution in [0.2, 0.25) is 0 Å². The van der Waals surface area contributed by atoms with E-state index >= 15 is 0 Å². The molecule has 0 spiro atoms. The highest BCUT2D eigenvalue weighted by molar-refractivity contribution is 5.68. The van der Waals surface area contributed by atoms with E-state index in [4.69, 9.17) is 0 Å². The molecule has 0 saturated carbocycles. The van der Waals surface area contributed by atoms with Crippen molar-refractivity contribution in [3.05, 3.63) is 76.3 Å². The van der Waals surface area contributed by atoms with Crippen LogP contribution in [0.25, 0.3) is 18.0 Å². The van der Waals surface area contributed by atoms with E-state index < -0.39 is 0 Å². The Morgan fingerprint density at radius 2 is 1.90 bits per heavy atom. The smallest absolute Gasteiger partial charge is 0.273 e. The molecule has 1 aromatic carbocycles. The van der Waals surface area contributed by atoms with Crippen molar-refractivity contribution in [3.63, 3.8) is 0 Å². The summed E-state index contributed by atoms with van der Waals surface area (Å²) in [6, 6.07) is 13.7. The number of benzene rings is 1. The summed E-state index contributed by atoms with van der Waals surface area (Å²) in [6.07, 6.45) is 5.29. The number of aromatic hydroxyl groups is 1. The van der Waals surface area contributed by atoms with Gasteiger partial charge in [-0.2, -0.15) is 0 Å². The number of pyridine rings is 1. The number of hydrogen-bond donors (Lipinski definition) is 2. The van der Waals surface area contributed by atoms with Crippen LogP contribution in [0.3, 0.4) is 0 Å². The van der Waals surface area contributed by atoms with E-state index in [-0.39, 0.29) is 11.3 Å². The summed E-state index contributed by atoms with van der Waals surface area (Å²) in [5, 5.41) is 12.2. The molecule has 2 N–H and O–H groups in total. The Morgan fingerprint density at radius 1 is 1.10 bits per heavy atom. The molecule has 3 rings (SSSR count). The van der Waals surface area contributed by atoms with E-state index in [1.54, 1.807) is 48.7 Å². The molecule has 0 radical (unpaired) electrons. The zero-order valence-corrected chi connectivity index (χ0v) is 11.1. The second kappa shape index (κ2) is 5.50. The first-order chi connectivity index (χ1) is 10.2. The Balaban J connectivity index is 1.88. The lowest BCUT2D eigenvalue weighted by Gasteiger charge is -1.98. The standard InChI is InChI=1S/C16H13N3O2/c20-14-8-5-12(6-9-14)4-7-13-11-16(21)19(18-13)15-3-1-2-10-17-15/h1-11,18,20H. The number of nitrogens with one attached hydrogen (secondary N) is 1. The minimum atomic E-state index is -0.168. The molecule has 0 aliphatic heterocycles. The van der Waals surface area contributed by atoms with E-state index in [1.807, 2.05) is 12.1 Å². The van der Waals surface area contributed by atoms with Gasteiger partial charge in [-0.3, -0.25) is 9.89 Å². The van der Waals surface area contributed by atoms with Crippen LogP contribution in [-0.2, 0) is 0 Å². The normalized spacial score (nSPS) is 11.0. The van der Waals surface area contributed by atoms with Gasteiger partial charge in [0, 0.05) is 12.3 Å². The molecule has 3 aromatic rings. The molecule has 5 heteroatoms. The van der Waals surface area contributed by atoms with Gasteiger partial charge in [-0.15, -0.1) is 0 Å². The van der Waals surface area contributed by atoms with Crippen LogP contribution >= 0.6 is 0 Å². The average molecular weight is 279 g/mol. The van der Waals surface area contributed by atoms with Crippen LogP contribution in [0, 0.1) is 0 Å². The highest BCUT2D eigenvalue weighted by atomic mass is 16.3. The van der Waals surface area contributed by atoms with E-state index in [2.05, 4.69) is 10.1 Å². The van der Waals surface area contributed by atoms with Crippen molar-refractivity contribution in [1.29, 1.82) is 0 Å². The number of rotatable bonds is 3. The molecule has 0 unspecified atom stereocenters. The topological polar surface area (TPSA) is 70.9 Å². The predicted octanol–water partition coefficient (Wildman–Crippen LogP) is 2.44. The summed E-state index contributed by atoms with van der Waals surface area (Å²) in [6.45, 7) is 0. The Hall–Kier alpha value is -3.08. The zero-order chi connectivity index (χ0) is 14.7. The van der Waals surface area contributed by atoms with Gasteiger partial charge < -0.3 is 5.11 Å². The van der Waals surface area contributed by atoms with Crippen molar-refractivity contribution in [2.45, 2.75) is 0 Å². The minimum absolute atomic E-state index is 0.168. The average Bonchev–Trinajstić information content (AvgIpc) is 2.89. The highest BCUT2D eigenvalue weighted by Gasteiger charge is 2.03. The first-order valence-electron chi connectivity index (χ1n) is 6.43. The highest BCUT2D eigenvalue weighted by Crippen LogP contribution is 2.12. The third kappa shape index (κ3) is 2.92. The van der Waals surface area contributed by atoms with Gasteiger partial charge in [0.1, 0.15) is 5.75 Å². The van der Waals surface area contributed by atoms with E-state index in [9.17, 15) is 9.90 Å².